The van der Waals surface area contributed by atoms with Gasteiger partial charge in [-0.2, -0.15) is 4.98 Å². The molecule has 0 N–H and O–H groups in total. The van der Waals surface area contributed by atoms with Gasteiger partial charge in [0.25, 0.3) is 5.56 Å². The number of fused-ring (bicyclic) bond motifs is 3. The summed E-state index contributed by atoms with van der Waals surface area (Å²) in [5.74, 6) is 0. The largest absolute Gasteiger partial charge is 0.268 e. The maximum Gasteiger partial charge on any atom is 0.264 e. The third kappa shape index (κ3) is 1.89. The van der Waals surface area contributed by atoms with Crippen LogP contribution in [0.4, 0.5) is 0 Å². The van der Waals surface area contributed by atoms with Crippen LogP contribution in [0.1, 0.15) is 0 Å². The number of hydrogen-bond donors (Lipinski definition) is 0. The summed E-state index contributed by atoms with van der Waals surface area (Å²) in [6, 6.07) is 16.8. The first-order chi connectivity index (χ1) is 10.8. The molecule has 2 aromatic carbocycles. The van der Waals surface area contributed by atoms with Gasteiger partial charge < -0.3 is 0 Å². The van der Waals surface area contributed by atoms with Crippen molar-refractivity contribution < 1.29 is 0 Å². The van der Waals surface area contributed by atoms with E-state index in [-0.39, 0.29) is 10.8 Å². The van der Waals surface area contributed by atoms with Crippen LogP contribution in [-0.4, -0.2) is 14.5 Å². The summed E-state index contributed by atoms with van der Waals surface area (Å²) >= 11 is 5.94. The second kappa shape index (κ2) is 4.93. The Morgan fingerprint density at radius 1 is 0.864 bits per heavy atom. The van der Waals surface area contributed by atoms with E-state index in [4.69, 9.17) is 11.6 Å². The lowest BCUT2D eigenvalue weighted by molar-refractivity contribution is 1.02. The van der Waals surface area contributed by atoms with Crippen LogP contribution < -0.4 is 5.56 Å². The molecule has 4 aromatic rings. The lowest BCUT2D eigenvalue weighted by Crippen LogP contribution is -2.20. The van der Waals surface area contributed by atoms with Crippen LogP contribution >= 0.6 is 11.6 Å². The zero-order valence-corrected chi connectivity index (χ0v) is 12.2. The fourth-order valence-corrected chi connectivity index (χ4v) is 2.78. The SMILES string of the molecule is O=c1c2ccccc2c2cnc(Cl)nc2n1-c1ccccc1. The molecule has 0 atom stereocenters. The molecule has 106 valence electrons. The molecule has 4 rings (SSSR count). The molecule has 0 fully saturated rings. The summed E-state index contributed by atoms with van der Waals surface area (Å²) in [4.78, 5) is 21.3. The van der Waals surface area contributed by atoms with Crippen molar-refractivity contribution in [2.45, 2.75) is 0 Å². The average molecular weight is 308 g/mol. The van der Waals surface area contributed by atoms with Gasteiger partial charge in [0.1, 0.15) is 0 Å². The summed E-state index contributed by atoms with van der Waals surface area (Å²) in [6.07, 6.45) is 1.66. The number of aromatic nitrogens is 3. The van der Waals surface area contributed by atoms with Crippen molar-refractivity contribution in [2.75, 3.05) is 0 Å². The van der Waals surface area contributed by atoms with Crippen LogP contribution in [0.15, 0.2) is 65.6 Å². The maximum absolute atomic E-state index is 12.9. The Balaban J connectivity index is 2.29. The Hall–Kier alpha value is -2.72. The summed E-state index contributed by atoms with van der Waals surface area (Å²) in [7, 11) is 0. The highest BCUT2D eigenvalue weighted by Gasteiger charge is 2.13. The zero-order chi connectivity index (χ0) is 15.1. The van der Waals surface area contributed by atoms with Gasteiger partial charge in [0.15, 0.2) is 5.65 Å². The Morgan fingerprint density at radius 2 is 1.55 bits per heavy atom. The molecular weight excluding hydrogens is 298 g/mol. The van der Waals surface area contributed by atoms with Crippen molar-refractivity contribution >= 4 is 33.4 Å². The second-order valence-electron chi connectivity index (χ2n) is 4.90. The van der Waals surface area contributed by atoms with E-state index in [1.807, 2.05) is 54.6 Å². The summed E-state index contributed by atoms with van der Waals surface area (Å²) < 4.78 is 1.57. The third-order valence-corrected chi connectivity index (χ3v) is 3.80. The van der Waals surface area contributed by atoms with E-state index in [2.05, 4.69) is 9.97 Å². The Labute approximate surface area is 130 Å². The first-order valence-corrected chi connectivity index (χ1v) is 7.15. The van der Waals surface area contributed by atoms with Crippen molar-refractivity contribution in [1.29, 1.82) is 0 Å². The third-order valence-electron chi connectivity index (χ3n) is 3.62. The number of halogens is 1. The standard InChI is InChI=1S/C17H10ClN3O/c18-17-19-10-14-12-8-4-5-9-13(12)16(22)21(15(14)20-17)11-6-2-1-3-7-11/h1-10H. The van der Waals surface area contributed by atoms with Gasteiger partial charge in [-0.15, -0.1) is 0 Å². The van der Waals surface area contributed by atoms with Crippen LogP contribution in [0.2, 0.25) is 5.28 Å². The Kier molecular flexibility index (Phi) is 2.91. The quantitative estimate of drug-likeness (QED) is 0.399. The minimum atomic E-state index is -0.121. The molecule has 0 aliphatic rings. The van der Waals surface area contributed by atoms with Gasteiger partial charge in [0.05, 0.1) is 5.69 Å². The minimum Gasteiger partial charge on any atom is -0.268 e. The molecule has 0 amide bonds. The van der Waals surface area contributed by atoms with Crippen LogP contribution in [0.25, 0.3) is 27.5 Å². The molecule has 0 radical (unpaired) electrons. The van der Waals surface area contributed by atoms with Gasteiger partial charge in [0.2, 0.25) is 5.28 Å². The van der Waals surface area contributed by atoms with E-state index in [0.29, 0.717) is 11.0 Å². The highest BCUT2D eigenvalue weighted by atomic mass is 35.5. The Bertz CT molecular complexity index is 1060. The number of benzene rings is 2. The van der Waals surface area contributed by atoms with Gasteiger partial charge in [-0.05, 0) is 35.2 Å². The van der Waals surface area contributed by atoms with Crippen LogP contribution in [0, 0.1) is 0 Å². The molecule has 2 aromatic heterocycles. The number of para-hydroxylation sites is 1. The number of hydrogen-bond acceptors (Lipinski definition) is 3. The van der Waals surface area contributed by atoms with Crippen LogP contribution in [0.5, 0.6) is 0 Å². The lowest BCUT2D eigenvalue weighted by Gasteiger charge is -2.12. The predicted octanol–water partition coefficient (Wildman–Crippen LogP) is 3.59. The van der Waals surface area contributed by atoms with Crippen molar-refractivity contribution in [3.63, 3.8) is 0 Å². The molecule has 0 unspecified atom stereocenters. The summed E-state index contributed by atoms with van der Waals surface area (Å²) in [5.41, 5.74) is 1.14. The molecule has 0 bridgehead atoms. The van der Waals surface area contributed by atoms with Gasteiger partial charge >= 0.3 is 0 Å². The molecular formula is C17H10ClN3O. The molecule has 4 nitrogen and oxygen atoms in total. The Morgan fingerprint density at radius 3 is 2.32 bits per heavy atom. The fourth-order valence-electron chi connectivity index (χ4n) is 2.65. The summed E-state index contributed by atoms with van der Waals surface area (Å²) in [5, 5.41) is 2.37. The van der Waals surface area contributed by atoms with Gasteiger partial charge in [-0.1, -0.05) is 36.4 Å². The maximum atomic E-state index is 12.9. The first-order valence-electron chi connectivity index (χ1n) is 6.77. The van der Waals surface area contributed by atoms with Gasteiger partial charge in [0, 0.05) is 17.0 Å². The second-order valence-corrected chi connectivity index (χ2v) is 5.24. The normalized spacial score (nSPS) is 11.1. The van der Waals surface area contributed by atoms with E-state index in [9.17, 15) is 4.79 Å². The van der Waals surface area contributed by atoms with E-state index >= 15 is 0 Å². The van der Waals surface area contributed by atoms with Crippen molar-refractivity contribution in [1.82, 2.24) is 14.5 Å². The zero-order valence-electron chi connectivity index (χ0n) is 11.4. The lowest BCUT2D eigenvalue weighted by atomic mass is 10.1. The number of pyridine rings is 1. The highest BCUT2D eigenvalue weighted by molar-refractivity contribution is 6.28. The van der Waals surface area contributed by atoms with Gasteiger partial charge in [-0.25, -0.2) is 4.98 Å². The molecule has 0 saturated carbocycles. The van der Waals surface area contributed by atoms with Crippen molar-refractivity contribution in [3.05, 3.63) is 76.4 Å². The van der Waals surface area contributed by atoms with Crippen LogP contribution in [0.3, 0.4) is 0 Å². The van der Waals surface area contributed by atoms with Crippen LogP contribution in [-0.2, 0) is 0 Å². The first kappa shape index (κ1) is 13.0. The van der Waals surface area contributed by atoms with E-state index in [0.717, 1.165) is 16.5 Å². The van der Waals surface area contributed by atoms with Gasteiger partial charge in [-0.3, -0.25) is 9.36 Å². The monoisotopic (exact) mass is 307 g/mol. The molecule has 2 heterocycles. The molecule has 0 aliphatic heterocycles. The topological polar surface area (TPSA) is 47.8 Å². The average Bonchev–Trinajstić information content (AvgIpc) is 2.56. The number of rotatable bonds is 1. The van der Waals surface area contributed by atoms with E-state index < -0.39 is 0 Å². The minimum absolute atomic E-state index is 0.117. The van der Waals surface area contributed by atoms with E-state index in [1.54, 1.807) is 10.8 Å². The fraction of sp³-hybridized carbons (Fsp3) is 0. The molecule has 0 spiro atoms. The van der Waals surface area contributed by atoms with Crippen molar-refractivity contribution in [3.8, 4) is 5.69 Å². The number of nitrogens with zero attached hydrogens (tertiary/aromatic N) is 3. The van der Waals surface area contributed by atoms with Crippen molar-refractivity contribution in [2.24, 2.45) is 0 Å². The van der Waals surface area contributed by atoms with E-state index in [1.165, 1.54) is 0 Å². The summed E-state index contributed by atoms with van der Waals surface area (Å²) in [6.45, 7) is 0. The predicted molar refractivity (Wildman–Crippen MR) is 87.7 cm³/mol. The molecule has 0 saturated heterocycles. The smallest absolute Gasteiger partial charge is 0.264 e. The molecule has 0 aliphatic carbocycles. The molecule has 22 heavy (non-hydrogen) atoms. The molecule has 5 heteroatoms. The highest BCUT2D eigenvalue weighted by Crippen LogP contribution is 2.23.